The van der Waals surface area contributed by atoms with Crippen LogP contribution in [0.4, 0.5) is 10.5 Å². The molecule has 0 saturated heterocycles. The molecule has 23 heavy (non-hydrogen) atoms. The number of nitrogens with one attached hydrogen (secondary N) is 2. The summed E-state index contributed by atoms with van der Waals surface area (Å²) < 4.78 is 1.98. The van der Waals surface area contributed by atoms with Gasteiger partial charge in [0.1, 0.15) is 5.65 Å². The molecule has 0 aliphatic carbocycles. The van der Waals surface area contributed by atoms with E-state index in [1.165, 1.54) is 0 Å². The van der Waals surface area contributed by atoms with Crippen molar-refractivity contribution in [3.63, 3.8) is 0 Å². The van der Waals surface area contributed by atoms with Crippen LogP contribution in [0.1, 0.15) is 16.8 Å². The first kappa shape index (κ1) is 15.1. The number of amides is 2. The summed E-state index contributed by atoms with van der Waals surface area (Å²) in [6, 6.07) is 11.6. The number of urea groups is 1. The summed E-state index contributed by atoms with van der Waals surface area (Å²) in [5, 5.41) is 5.76. The molecule has 0 fully saturated rings. The minimum Gasteiger partial charge on any atom is -0.337 e. The Balaban J connectivity index is 1.54. The first-order chi connectivity index (χ1) is 11.1. The van der Waals surface area contributed by atoms with E-state index >= 15 is 0 Å². The van der Waals surface area contributed by atoms with Crippen molar-refractivity contribution in [3.8, 4) is 0 Å². The van der Waals surface area contributed by atoms with Gasteiger partial charge in [0.25, 0.3) is 0 Å². The number of carbonyl (C=O) groups is 1. The number of aryl methyl sites for hydroxylation is 1. The summed E-state index contributed by atoms with van der Waals surface area (Å²) in [6.45, 7) is 4.57. The van der Waals surface area contributed by atoms with E-state index < -0.39 is 0 Å². The van der Waals surface area contributed by atoms with Crippen LogP contribution < -0.4 is 10.6 Å². The molecule has 5 heteroatoms. The van der Waals surface area contributed by atoms with Gasteiger partial charge in [-0.25, -0.2) is 9.78 Å². The molecule has 2 amide bonds. The lowest BCUT2D eigenvalue weighted by atomic mass is 10.1. The van der Waals surface area contributed by atoms with Gasteiger partial charge in [-0.1, -0.05) is 18.2 Å². The number of rotatable bonds is 4. The number of benzene rings is 1. The van der Waals surface area contributed by atoms with Crippen molar-refractivity contribution in [2.45, 2.75) is 20.3 Å². The summed E-state index contributed by atoms with van der Waals surface area (Å²) in [4.78, 5) is 16.5. The molecular weight excluding hydrogens is 288 g/mol. The molecule has 118 valence electrons. The highest BCUT2D eigenvalue weighted by atomic mass is 16.2. The second-order valence-corrected chi connectivity index (χ2v) is 5.58. The Bertz CT molecular complexity index is 805. The Labute approximate surface area is 135 Å². The Kier molecular flexibility index (Phi) is 4.28. The highest BCUT2D eigenvalue weighted by molar-refractivity contribution is 5.90. The van der Waals surface area contributed by atoms with Crippen molar-refractivity contribution >= 4 is 17.4 Å². The van der Waals surface area contributed by atoms with Crippen LogP contribution in [0.5, 0.6) is 0 Å². The fourth-order valence-electron chi connectivity index (χ4n) is 2.46. The van der Waals surface area contributed by atoms with E-state index in [0.29, 0.717) is 13.0 Å². The number of anilines is 1. The molecule has 0 saturated carbocycles. The molecule has 3 rings (SSSR count). The van der Waals surface area contributed by atoms with Crippen LogP contribution in [-0.2, 0) is 6.42 Å². The first-order valence-electron chi connectivity index (χ1n) is 7.67. The van der Waals surface area contributed by atoms with Crippen LogP contribution in [0.2, 0.25) is 0 Å². The molecule has 1 aromatic carbocycles. The van der Waals surface area contributed by atoms with Crippen LogP contribution in [0, 0.1) is 13.8 Å². The van der Waals surface area contributed by atoms with E-state index in [9.17, 15) is 4.79 Å². The number of imidazole rings is 1. The number of fused-ring (bicyclic) bond motifs is 1. The molecule has 2 heterocycles. The van der Waals surface area contributed by atoms with Crippen molar-refractivity contribution in [2.24, 2.45) is 0 Å². The quantitative estimate of drug-likeness (QED) is 0.777. The first-order valence-corrected chi connectivity index (χ1v) is 7.67. The van der Waals surface area contributed by atoms with E-state index in [1.54, 1.807) is 0 Å². The lowest BCUT2D eigenvalue weighted by molar-refractivity contribution is 0.252. The molecule has 2 N–H and O–H groups in total. The second-order valence-electron chi connectivity index (χ2n) is 5.58. The van der Waals surface area contributed by atoms with Crippen LogP contribution in [0.15, 0.2) is 48.8 Å². The molecule has 3 aromatic rings. The van der Waals surface area contributed by atoms with Gasteiger partial charge >= 0.3 is 6.03 Å². The van der Waals surface area contributed by atoms with Gasteiger partial charge in [0.15, 0.2) is 0 Å². The number of hydrogen-bond acceptors (Lipinski definition) is 2. The van der Waals surface area contributed by atoms with E-state index in [-0.39, 0.29) is 6.03 Å². The molecule has 0 spiro atoms. The molecular formula is C18H20N4O. The van der Waals surface area contributed by atoms with Crippen LogP contribution in [-0.4, -0.2) is 22.0 Å². The van der Waals surface area contributed by atoms with Gasteiger partial charge in [-0.15, -0.1) is 0 Å². The zero-order valence-electron chi connectivity index (χ0n) is 13.3. The van der Waals surface area contributed by atoms with Crippen molar-refractivity contribution in [3.05, 3.63) is 65.6 Å². The zero-order valence-corrected chi connectivity index (χ0v) is 13.3. The van der Waals surface area contributed by atoms with Crippen molar-refractivity contribution in [1.29, 1.82) is 0 Å². The summed E-state index contributed by atoms with van der Waals surface area (Å²) in [5.74, 6) is 0. The zero-order chi connectivity index (χ0) is 16.2. The van der Waals surface area contributed by atoms with Gasteiger partial charge in [-0.05, 0) is 43.2 Å². The number of hydrogen-bond donors (Lipinski definition) is 2. The molecule has 0 aliphatic rings. The predicted octanol–water partition coefficient (Wildman–Crippen LogP) is 3.32. The average molecular weight is 308 g/mol. The Morgan fingerprint density at radius 3 is 2.87 bits per heavy atom. The Hall–Kier alpha value is -2.82. The van der Waals surface area contributed by atoms with E-state index in [1.807, 2.05) is 67.0 Å². The summed E-state index contributed by atoms with van der Waals surface area (Å²) in [7, 11) is 0. The van der Waals surface area contributed by atoms with E-state index in [4.69, 9.17) is 0 Å². The minimum absolute atomic E-state index is 0.192. The van der Waals surface area contributed by atoms with Crippen LogP contribution in [0.3, 0.4) is 0 Å². The van der Waals surface area contributed by atoms with E-state index in [0.717, 1.165) is 28.2 Å². The molecule has 0 atom stereocenters. The summed E-state index contributed by atoms with van der Waals surface area (Å²) in [6.07, 6.45) is 4.65. The fraction of sp³-hybridized carbons (Fsp3) is 0.222. The Morgan fingerprint density at radius 1 is 1.17 bits per heavy atom. The monoisotopic (exact) mass is 308 g/mol. The predicted molar refractivity (Wildman–Crippen MR) is 91.8 cm³/mol. The van der Waals surface area contributed by atoms with Crippen molar-refractivity contribution < 1.29 is 4.79 Å². The smallest absolute Gasteiger partial charge is 0.319 e. The van der Waals surface area contributed by atoms with Gasteiger partial charge in [-0.2, -0.15) is 0 Å². The van der Waals surface area contributed by atoms with Gasteiger partial charge in [-0.3, -0.25) is 0 Å². The van der Waals surface area contributed by atoms with Crippen molar-refractivity contribution in [2.75, 3.05) is 11.9 Å². The molecule has 0 unspecified atom stereocenters. The maximum Gasteiger partial charge on any atom is 0.319 e. The highest BCUT2D eigenvalue weighted by Crippen LogP contribution is 2.17. The standard InChI is InChI=1S/C18H20N4O/c1-13-6-5-7-16(14(13)2)21-18(23)19-10-9-15-12-22-11-4-3-8-17(22)20-15/h3-8,11-12H,9-10H2,1-2H3,(H2,19,21,23). The van der Waals surface area contributed by atoms with Crippen LogP contribution >= 0.6 is 0 Å². The third-order valence-corrected chi connectivity index (χ3v) is 3.93. The maximum absolute atomic E-state index is 12.0. The SMILES string of the molecule is Cc1cccc(NC(=O)NCCc2cn3ccccc3n2)c1C. The summed E-state index contributed by atoms with van der Waals surface area (Å²) in [5.41, 5.74) is 4.97. The van der Waals surface area contributed by atoms with Gasteiger partial charge < -0.3 is 15.0 Å². The molecule has 0 bridgehead atoms. The number of carbonyl (C=O) groups excluding carboxylic acids is 1. The third-order valence-electron chi connectivity index (χ3n) is 3.93. The molecule has 0 aliphatic heterocycles. The fourth-order valence-corrected chi connectivity index (χ4v) is 2.46. The molecule has 2 aromatic heterocycles. The number of pyridine rings is 1. The average Bonchev–Trinajstić information content (AvgIpc) is 2.94. The van der Waals surface area contributed by atoms with Gasteiger partial charge in [0, 0.05) is 31.0 Å². The lowest BCUT2D eigenvalue weighted by Gasteiger charge is -2.11. The normalized spacial score (nSPS) is 10.7. The lowest BCUT2D eigenvalue weighted by Crippen LogP contribution is -2.30. The summed E-state index contributed by atoms with van der Waals surface area (Å²) >= 11 is 0. The highest BCUT2D eigenvalue weighted by Gasteiger charge is 2.06. The third kappa shape index (κ3) is 3.51. The van der Waals surface area contributed by atoms with Gasteiger partial charge in [0.05, 0.1) is 5.69 Å². The van der Waals surface area contributed by atoms with E-state index in [2.05, 4.69) is 15.6 Å². The largest absolute Gasteiger partial charge is 0.337 e. The second kappa shape index (κ2) is 6.52. The maximum atomic E-state index is 12.0. The molecule has 0 radical (unpaired) electrons. The van der Waals surface area contributed by atoms with Gasteiger partial charge in [0.2, 0.25) is 0 Å². The minimum atomic E-state index is -0.192. The number of aromatic nitrogens is 2. The van der Waals surface area contributed by atoms with Crippen molar-refractivity contribution in [1.82, 2.24) is 14.7 Å². The van der Waals surface area contributed by atoms with Crippen LogP contribution in [0.25, 0.3) is 5.65 Å². The Morgan fingerprint density at radius 2 is 2.04 bits per heavy atom. The topological polar surface area (TPSA) is 58.4 Å². The number of nitrogens with zero attached hydrogens (tertiary/aromatic N) is 2. The molecule has 5 nitrogen and oxygen atoms in total.